The number of hydrogen-bond acceptors (Lipinski definition) is 4. The molecule has 0 aliphatic heterocycles. The third-order valence-electron chi connectivity index (χ3n) is 2.76. The largest absolute Gasteiger partial charge is 0.493 e. The van der Waals surface area contributed by atoms with Crippen LogP contribution in [0.15, 0.2) is 18.2 Å². The molecule has 5 heteroatoms. The summed E-state index contributed by atoms with van der Waals surface area (Å²) in [6, 6.07) is 5.78. The molecule has 2 N–H and O–H groups in total. The highest BCUT2D eigenvalue weighted by atomic mass is 16.5. The van der Waals surface area contributed by atoms with Gasteiger partial charge in [-0.25, -0.2) is 0 Å². The van der Waals surface area contributed by atoms with Gasteiger partial charge < -0.3 is 15.2 Å². The molecule has 1 aromatic carbocycles. The number of methoxy groups -OCH3 is 1. The van der Waals surface area contributed by atoms with E-state index in [9.17, 15) is 4.79 Å². The van der Waals surface area contributed by atoms with Crippen molar-refractivity contribution in [3.05, 3.63) is 23.8 Å². The Morgan fingerprint density at radius 2 is 2.05 bits per heavy atom. The van der Waals surface area contributed by atoms with Crippen LogP contribution in [0.1, 0.15) is 19.4 Å². The van der Waals surface area contributed by atoms with Crippen LogP contribution in [0.2, 0.25) is 0 Å². The molecule has 0 heterocycles. The summed E-state index contributed by atoms with van der Waals surface area (Å²) in [6.07, 6.45) is 0. The topological polar surface area (TPSA) is 64.8 Å². The fourth-order valence-electron chi connectivity index (χ4n) is 1.84. The normalized spacial score (nSPS) is 10.5. The number of ether oxygens (including phenoxy) is 2. The van der Waals surface area contributed by atoms with E-state index in [1.807, 2.05) is 36.9 Å². The summed E-state index contributed by atoms with van der Waals surface area (Å²) in [5.41, 5.74) is 6.28. The quantitative estimate of drug-likeness (QED) is 0.772. The van der Waals surface area contributed by atoms with E-state index in [4.69, 9.17) is 15.2 Å². The number of carbonyl (C=O) groups is 1. The van der Waals surface area contributed by atoms with Crippen molar-refractivity contribution < 1.29 is 14.3 Å². The minimum Gasteiger partial charge on any atom is -0.493 e. The Hall–Kier alpha value is -1.75. The molecule has 0 saturated carbocycles. The second-order valence-corrected chi connectivity index (χ2v) is 4.19. The lowest BCUT2D eigenvalue weighted by Gasteiger charge is -2.19. The fourth-order valence-corrected chi connectivity index (χ4v) is 1.84. The predicted molar refractivity (Wildman–Crippen MR) is 74.3 cm³/mol. The number of rotatable bonds is 8. The number of carbonyl (C=O) groups excluding carboxylic acids is 1. The third kappa shape index (κ3) is 4.79. The highest BCUT2D eigenvalue weighted by Gasteiger charge is 2.10. The van der Waals surface area contributed by atoms with Crippen LogP contribution in [-0.2, 0) is 11.3 Å². The second-order valence-electron chi connectivity index (χ2n) is 4.19. The van der Waals surface area contributed by atoms with Gasteiger partial charge in [0.2, 0.25) is 5.91 Å². The van der Waals surface area contributed by atoms with Crippen LogP contribution in [0.5, 0.6) is 11.5 Å². The molecule has 0 saturated heterocycles. The van der Waals surface area contributed by atoms with Gasteiger partial charge in [-0.1, -0.05) is 13.0 Å². The van der Waals surface area contributed by atoms with E-state index in [-0.39, 0.29) is 12.5 Å². The monoisotopic (exact) mass is 266 g/mol. The first-order chi connectivity index (χ1) is 9.10. The summed E-state index contributed by atoms with van der Waals surface area (Å²) < 4.78 is 10.8. The molecule has 0 atom stereocenters. The molecule has 1 amide bonds. The van der Waals surface area contributed by atoms with Crippen molar-refractivity contribution in [2.45, 2.75) is 20.4 Å². The van der Waals surface area contributed by atoms with Crippen LogP contribution < -0.4 is 15.2 Å². The first-order valence-electron chi connectivity index (χ1n) is 6.41. The van der Waals surface area contributed by atoms with Gasteiger partial charge in [-0.05, 0) is 31.2 Å². The number of hydrogen-bond donors (Lipinski definition) is 1. The molecule has 0 aliphatic rings. The van der Waals surface area contributed by atoms with Crippen molar-refractivity contribution in [3.63, 3.8) is 0 Å². The molecular weight excluding hydrogens is 244 g/mol. The molecule has 0 aromatic heterocycles. The molecule has 0 spiro atoms. The molecule has 5 nitrogen and oxygen atoms in total. The molecular formula is C14H22N2O3. The zero-order chi connectivity index (χ0) is 14.3. The molecule has 1 rings (SSSR count). The smallest absolute Gasteiger partial charge is 0.231 e. The van der Waals surface area contributed by atoms with E-state index in [2.05, 4.69) is 0 Å². The predicted octanol–water partition coefficient (Wildman–Crippen LogP) is 1.40. The van der Waals surface area contributed by atoms with Crippen molar-refractivity contribution in [2.75, 3.05) is 26.8 Å². The van der Waals surface area contributed by atoms with Gasteiger partial charge in [-0.2, -0.15) is 0 Å². The van der Waals surface area contributed by atoms with E-state index in [1.165, 1.54) is 0 Å². The fraction of sp³-hybridized carbons (Fsp3) is 0.500. The molecule has 0 aliphatic carbocycles. The van der Waals surface area contributed by atoms with Gasteiger partial charge >= 0.3 is 0 Å². The van der Waals surface area contributed by atoms with Crippen LogP contribution in [0.25, 0.3) is 0 Å². The van der Waals surface area contributed by atoms with Gasteiger partial charge in [0.25, 0.3) is 0 Å². The van der Waals surface area contributed by atoms with Crippen molar-refractivity contribution in [2.24, 2.45) is 5.73 Å². The Bertz CT molecular complexity index is 421. The van der Waals surface area contributed by atoms with Crippen LogP contribution in [0, 0.1) is 0 Å². The summed E-state index contributed by atoms with van der Waals surface area (Å²) in [4.78, 5) is 12.9. The average Bonchev–Trinajstić information content (AvgIpc) is 2.39. The molecule has 0 fully saturated rings. The van der Waals surface area contributed by atoms with Crippen molar-refractivity contribution in [1.82, 2.24) is 4.90 Å². The van der Waals surface area contributed by atoms with Gasteiger partial charge in [0.05, 0.1) is 20.3 Å². The maximum absolute atomic E-state index is 11.0. The molecule has 0 radical (unpaired) electrons. The summed E-state index contributed by atoms with van der Waals surface area (Å²) >= 11 is 0. The minimum atomic E-state index is -0.320. The maximum Gasteiger partial charge on any atom is 0.231 e. The van der Waals surface area contributed by atoms with E-state index in [0.29, 0.717) is 18.9 Å². The Balaban J connectivity index is 2.80. The standard InChI is InChI=1S/C14H22N2O3/c1-4-16(10-14(15)17)9-11-6-7-12(19-5-2)13(8-11)18-3/h6-8H,4-5,9-10H2,1-3H3,(H2,15,17). The minimum absolute atomic E-state index is 0.256. The third-order valence-corrected chi connectivity index (χ3v) is 2.76. The zero-order valence-corrected chi connectivity index (χ0v) is 11.8. The molecule has 19 heavy (non-hydrogen) atoms. The number of likely N-dealkylation sites (N-methyl/N-ethyl adjacent to an activating group) is 1. The average molecular weight is 266 g/mol. The van der Waals surface area contributed by atoms with Crippen molar-refractivity contribution in [3.8, 4) is 11.5 Å². The van der Waals surface area contributed by atoms with Gasteiger partial charge in [0.15, 0.2) is 11.5 Å². The lowest BCUT2D eigenvalue weighted by atomic mass is 10.2. The summed E-state index contributed by atoms with van der Waals surface area (Å²) in [5.74, 6) is 1.11. The number of nitrogens with zero attached hydrogens (tertiary/aromatic N) is 1. The highest BCUT2D eigenvalue weighted by molar-refractivity contribution is 5.75. The number of primary amides is 1. The number of benzene rings is 1. The Morgan fingerprint density at radius 3 is 2.58 bits per heavy atom. The molecule has 0 bridgehead atoms. The van der Waals surface area contributed by atoms with Gasteiger partial charge in [0, 0.05) is 6.54 Å². The van der Waals surface area contributed by atoms with Gasteiger partial charge in [-0.3, -0.25) is 9.69 Å². The first-order valence-corrected chi connectivity index (χ1v) is 6.41. The first kappa shape index (κ1) is 15.3. The van der Waals surface area contributed by atoms with Crippen molar-refractivity contribution >= 4 is 5.91 Å². The molecule has 106 valence electrons. The van der Waals surface area contributed by atoms with Crippen LogP contribution in [-0.4, -0.2) is 37.6 Å². The maximum atomic E-state index is 11.0. The summed E-state index contributed by atoms with van der Waals surface area (Å²) in [5, 5.41) is 0. The van der Waals surface area contributed by atoms with E-state index >= 15 is 0 Å². The summed E-state index contributed by atoms with van der Waals surface area (Å²) in [7, 11) is 1.61. The Morgan fingerprint density at radius 1 is 1.32 bits per heavy atom. The van der Waals surface area contributed by atoms with Gasteiger partial charge in [0.1, 0.15) is 0 Å². The highest BCUT2D eigenvalue weighted by Crippen LogP contribution is 2.28. The SMILES string of the molecule is CCOc1ccc(CN(CC)CC(N)=O)cc1OC. The zero-order valence-electron chi connectivity index (χ0n) is 11.8. The van der Waals surface area contributed by atoms with Crippen molar-refractivity contribution in [1.29, 1.82) is 0 Å². The molecule has 0 unspecified atom stereocenters. The Kier molecular flexibility index (Phi) is 6.15. The van der Waals surface area contributed by atoms with Crippen LogP contribution >= 0.6 is 0 Å². The summed E-state index contributed by atoms with van der Waals surface area (Å²) in [6.45, 7) is 6.19. The second kappa shape index (κ2) is 7.63. The number of amides is 1. The lowest BCUT2D eigenvalue weighted by Crippen LogP contribution is -2.33. The van der Waals surface area contributed by atoms with Gasteiger partial charge in [-0.15, -0.1) is 0 Å². The van der Waals surface area contributed by atoms with Crippen LogP contribution in [0.4, 0.5) is 0 Å². The van der Waals surface area contributed by atoms with E-state index in [1.54, 1.807) is 7.11 Å². The Labute approximate surface area is 114 Å². The lowest BCUT2D eigenvalue weighted by molar-refractivity contribution is -0.119. The van der Waals surface area contributed by atoms with E-state index in [0.717, 1.165) is 17.9 Å². The number of nitrogens with two attached hydrogens (primary N) is 1. The van der Waals surface area contributed by atoms with E-state index < -0.39 is 0 Å². The van der Waals surface area contributed by atoms with Crippen LogP contribution in [0.3, 0.4) is 0 Å². The molecule has 1 aromatic rings.